The molecule has 0 aliphatic heterocycles. The third kappa shape index (κ3) is 2.07. The number of aliphatic carboxylic acids is 1. The third-order valence-electron chi connectivity index (χ3n) is 2.55. The molecule has 0 heterocycles. The van der Waals surface area contributed by atoms with Crippen molar-refractivity contribution in [3.63, 3.8) is 0 Å². The maximum Gasteiger partial charge on any atom is 0.331 e. The van der Waals surface area contributed by atoms with Gasteiger partial charge in [0.15, 0.2) is 0 Å². The molecule has 0 rings (SSSR count). The van der Waals surface area contributed by atoms with Crippen molar-refractivity contribution >= 4 is 5.97 Å². The predicted octanol–water partition coefficient (Wildman–Crippen LogP) is 2.45. The number of hydrogen-bond acceptors (Lipinski definition) is 1. The summed E-state index contributed by atoms with van der Waals surface area (Å²) >= 11 is 0. The molecule has 1 N–H and O–H groups in total. The summed E-state index contributed by atoms with van der Waals surface area (Å²) < 4.78 is 0. The van der Waals surface area contributed by atoms with Crippen LogP contribution < -0.4 is 0 Å². The van der Waals surface area contributed by atoms with Gasteiger partial charge >= 0.3 is 5.97 Å². The minimum absolute atomic E-state index is 0.230. The molecule has 0 aliphatic rings. The minimum atomic E-state index is -0.879. The number of rotatable bonds is 4. The van der Waals surface area contributed by atoms with Crippen LogP contribution in [0.25, 0.3) is 0 Å². The Morgan fingerprint density at radius 1 is 1.45 bits per heavy atom. The lowest BCUT2D eigenvalue weighted by molar-refractivity contribution is -0.133. The first kappa shape index (κ1) is 10.2. The highest BCUT2D eigenvalue weighted by molar-refractivity contribution is 5.87. The molecule has 0 unspecified atom stereocenters. The van der Waals surface area contributed by atoms with Crippen LogP contribution in [-0.2, 0) is 4.79 Å². The number of carboxylic acid groups (broad SMARTS) is 1. The van der Waals surface area contributed by atoms with E-state index in [-0.39, 0.29) is 5.41 Å². The topological polar surface area (TPSA) is 37.3 Å². The van der Waals surface area contributed by atoms with Crippen LogP contribution in [0, 0.1) is 5.41 Å². The highest BCUT2D eigenvalue weighted by Crippen LogP contribution is 2.32. The number of carboxylic acids is 1. The Kier molecular flexibility index (Phi) is 3.30. The first-order chi connectivity index (χ1) is 4.98. The van der Waals surface area contributed by atoms with Gasteiger partial charge in [-0.3, -0.25) is 0 Å². The van der Waals surface area contributed by atoms with Crippen molar-refractivity contribution in [3.8, 4) is 0 Å². The molecule has 0 aromatic carbocycles. The molecule has 0 spiro atoms. The first-order valence-corrected chi connectivity index (χ1v) is 3.90. The lowest BCUT2D eigenvalue weighted by Crippen LogP contribution is -2.22. The molecule has 0 radical (unpaired) electrons. The molecule has 11 heavy (non-hydrogen) atoms. The first-order valence-electron chi connectivity index (χ1n) is 3.90. The molecule has 0 aromatic rings. The lowest BCUT2D eigenvalue weighted by Gasteiger charge is -2.26. The van der Waals surface area contributed by atoms with Crippen molar-refractivity contribution in [2.75, 3.05) is 0 Å². The van der Waals surface area contributed by atoms with Gasteiger partial charge in [-0.2, -0.15) is 0 Å². The van der Waals surface area contributed by atoms with Crippen LogP contribution in [0.2, 0.25) is 0 Å². The Balaban J connectivity index is 4.50. The molecular weight excluding hydrogens is 140 g/mol. The van der Waals surface area contributed by atoms with E-state index in [0.29, 0.717) is 5.57 Å². The monoisotopic (exact) mass is 156 g/mol. The average Bonchev–Trinajstić information content (AvgIpc) is 2.01. The minimum Gasteiger partial charge on any atom is -0.478 e. The van der Waals surface area contributed by atoms with Gasteiger partial charge in [-0.1, -0.05) is 27.4 Å². The summed E-state index contributed by atoms with van der Waals surface area (Å²) in [5.41, 5.74) is 0.0914. The van der Waals surface area contributed by atoms with Crippen LogP contribution in [0.3, 0.4) is 0 Å². The van der Waals surface area contributed by atoms with Crippen molar-refractivity contribution in [1.29, 1.82) is 0 Å². The van der Waals surface area contributed by atoms with Crippen molar-refractivity contribution < 1.29 is 9.90 Å². The van der Waals surface area contributed by atoms with Crippen LogP contribution in [0.15, 0.2) is 12.2 Å². The Bertz CT molecular complexity index is 166. The molecule has 0 bridgehead atoms. The van der Waals surface area contributed by atoms with Gasteiger partial charge in [-0.15, -0.1) is 0 Å². The van der Waals surface area contributed by atoms with E-state index >= 15 is 0 Å². The van der Waals surface area contributed by atoms with E-state index in [2.05, 4.69) is 6.58 Å². The Labute approximate surface area is 67.9 Å². The third-order valence-corrected chi connectivity index (χ3v) is 2.55. The van der Waals surface area contributed by atoms with Gasteiger partial charge in [-0.05, 0) is 18.3 Å². The van der Waals surface area contributed by atoms with Crippen LogP contribution in [0.4, 0.5) is 0 Å². The highest BCUT2D eigenvalue weighted by Gasteiger charge is 2.27. The highest BCUT2D eigenvalue weighted by atomic mass is 16.4. The normalized spacial score (nSPS) is 11.2. The molecule has 0 saturated carbocycles. The van der Waals surface area contributed by atoms with E-state index < -0.39 is 5.97 Å². The molecule has 64 valence electrons. The molecule has 0 fully saturated rings. The second-order valence-electron chi connectivity index (χ2n) is 3.05. The largest absolute Gasteiger partial charge is 0.478 e. The van der Waals surface area contributed by atoms with Gasteiger partial charge in [-0.25, -0.2) is 4.79 Å². The second kappa shape index (κ2) is 3.56. The Hall–Kier alpha value is -0.790. The lowest BCUT2D eigenvalue weighted by atomic mass is 9.78. The van der Waals surface area contributed by atoms with E-state index in [1.807, 2.05) is 20.8 Å². The molecule has 0 saturated heterocycles. The SMILES string of the molecule is C=C(C(=O)O)C(C)(CC)CC. The summed E-state index contributed by atoms with van der Waals surface area (Å²) in [5, 5.41) is 8.68. The number of hydrogen-bond donors (Lipinski definition) is 1. The van der Waals surface area contributed by atoms with Gasteiger partial charge in [0.05, 0.1) is 0 Å². The average molecular weight is 156 g/mol. The zero-order valence-corrected chi connectivity index (χ0v) is 7.48. The summed E-state index contributed by atoms with van der Waals surface area (Å²) in [7, 11) is 0. The van der Waals surface area contributed by atoms with Crippen LogP contribution in [-0.4, -0.2) is 11.1 Å². The second-order valence-corrected chi connectivity index (χ2v) is 3.05. The van der Waals surface area contributed by atoms with E-state index in [0.717, 1.165) is 12.8 Å². The van der Waals surface area contributed by atoms with Gasteiger partial charge < -0.3 is 5.11 Å². The van der Waals surface area contributed by atoms with Gasteiger partial charge in [0, 0.05) is 5.57 Å². The summed E-state index contributed by atoms with van der Waals surface area (Å²) in [6.45, 7) is 9.47. The van der Waals surface area contributed by atoms with Crippen molar-refractivity contribution in [2.24, 2.45) is 5.41 Å². The van der Waals surface area contributed by atoms with Crippen molar-refractivity contribution in [2.45, 2.75) is 33.6 Å². The fourth-order valence-corrected chi connectivity index (χ4v) is 0.935. The maximum absolute atomic E-state index is 10.6. The van der Waals surface area contributed by atoms with Crippen molar-refractivity contribution in [1.82, 2.24) is 0 Å². The quantitative estimate of drug-likeness (QED) is 0.635. The van der Waals surface area contributed by atoms with E-state index in [1.54, 1.807) is 0 Å². The smallest absolute Gasteiger partial charge is 0.331 e. The summed E-state index contributed by atoms with van der Waals surface area (Å²) in [6.07, 6.45) is 1.66. The zero-order valence-electron chi connectivity index (χ0n) is 7.48. The fourth-order valence-electron chi connectivity index (χ4n) is 0.935. The Morgan fingerprint density at radius 2 is 1.82 bits per heavy atom. The number of carbonyl (C=O) groups is 1. The molecule has 0 aliphatic carbocycles. The summed E-state index contributed by atoms with van der Waals surface area (Å²) in [5.74, 6) is -0.879. The van der Waals surface area contributed by atoms with Crippen molar-refractivity contribution in [3.05, 3.63) is 12.2 Å². The molecule has 0 atom stereocenters. The maximum atomic E-state index is 10.6. The Morgan fingerprint density at radius 3 is 1.91 bits per heavy atom. The molecule has 2 heteroatoms. The van der Waals surface area contributed by atoms with E-state index in [9.17, 15) is 4.79 Å². The molecule has 0 aromatic heterocycles. The van der Waals surface area contributed by atoms with Gasteiger partial charge in [0.1, 0.15) is 0 Å². The molecule has 2 nitrogen and oxygen atoms in total. The van der Waals surface area contributed by atoms with Crippen LogP contribution >= 0.6 is 0 Å². The van der Waals surface area contributed by atoms with Gasteiger partial charge in [0.2, 0.25) is 0 Å². The van der Waals surface area contributed by atoms with E-state index in [1.165, 1.54) is 0 Å². The van der Waals surface area contributed by atoms with Crippen LogP contribution in [0.5, 0.6) is 0 Å². The van der Waals surface area contributed by atoms with E-state index in [4.69, 9.17) is 5.11 Å². The zero-order chi connectivity index (χ0) is 9.07. The summed E-state index contributed by atoms with van der Waals surface area (Å²) in [4.78, 5) is 10.6. The fraction of sp³-hybridized carbons (Fsp3) is 0.667. The molecule has 0 amide bonds. The standard InChI is InChI=1S/C9H16O2/c1-5-9(4,6-2)7(3)8(10)11/h3,5-6H2,1-2,4H3,(H,10,11). The summed E-state index contributed by atoms with van der Waals surface area (Å²) in [6, 6.07) is 0. The van der Waals surface area contributed by atoms with Crippen LogP contribution in [0.1, 0.15) is 33.6 Å². The predicted molar refractivity (Wildman–Crippen MR) is 45.5 cm³/mol. The molecular formula is C9H16O2. The van der Waals surface area contributed by atoms with Gasteiger partial charge in [0.25, 0.3) is 0 Å².